The average molecular weight is 415 g/mol. The minimum Gasteiger partial charge on any atom is -0.455 e. The molecule has 29 heavy (non-hydrogen) atoms. The van der Waals surface area contributed by atoms with Crippen LogP contribution in [0.25, 0.3) is 0 Å². The Kier molecular flexibility index (Phi) is 6.54. The van der Waals surface area contributed by atoms with Gasteiger partial charge in [0.1, 0.15) is 0 Å². The number of carbonyl (C=O) groups excluding carboxylic acids is 3. The fourth-order valence-corrected chi connectivity index (χ4v) is 3.70. The van der Waals surface area contributed by atoms with Crippen LogP contribution in [0, 0.1) is 0 Å². The van der Waals surface area contributed by atoms with E-state index in [2.05, 4.69) is 5.32 Å². The largest absolute Gasteiger partial charge is 0.455 e. The zero-order chi connectivity index (χ0) is 20.9. The quantitative estimate of drug-likeness (QED) is 0.761. The predicted octanol–water partition coefficient (Wildman–Crippen LogP) is 3.40. The number of nitrogens with one attached hydrogen (secondary N) is 1. The average Bonchev–Trinajstić information content (AvgIpc) is 2.74. The summed E-state index contributed by atoms with van der Waals surface area (Å²) < 4.78 is 5.41. The maximum Gasteiger partial charge on any atom is 0.317 e. The smallest absolute Gasteiger partial charge is 0.317 e. The lowest BCUT2D eigenvalue weighted by Gasteiger charge is -2.40. The molecular weight excluding hydrogens is 392 g/mol. The van der Waals surface area contributed by atoms with E-state index >= 15 is 0 Å². The van der Waals surface area contributed by atoms with E-state index in [1.165, 1.54) is 6.92 Å². The molecule has 0 radical (unpaired) electrons. The summed E-state index contributed by atoms with van der Waals surface area (Å²) >= 11 is 5.83. The Morgan fingerprint density at radius 1 is 1.03 bits per heavy atom. The molecule has 0 bridgehead atoms. The van der Waals surface area contributed by atoms with Crippen molar-refractivity contribution in [3.05, 3.63) is 65.2 Å². The summed E-state index contributed by atoms with van der Waals surface area (Å²) in [5, 5.41) is 3.24. The first-order chi connectivity index (χ1) is 13.9. The highest BCUT2D eigenvalue weighted by Crippen LogP contribution is 2.37. The number of likely N-dealkylation sites (tertiary alicyclic amines) is 1. The van der Waals surface area contributed by atoms with Gasteiger partial charge in [0.25, 0.3) is 5.91 Å². The minimum absolute atomic E-state index is 0.0117. The van der Waals surface area contributed by atoms with Crippen LogP contribution in [0.5, 0.6) is 0 Å². The van der Waals surface area contributed by atoms with Gasteiger partial charge in [-0.3, -0.25) is 14.4 Å². The Labute approximate surface area is 174 Å². The van der Waals surface area contributed by atoms with Crippen molar-refractivity contribution in [3.8, 4) is 0 Å². The van der Waals surface area contributed by atoms with E-state index in [4.69, 9.17) is 16.3 Å². The van der Waals surface area contributed by atoms with Crippen molar-refractivity contribution in [1.82, 2.24) is 4.90 Å². The molecule has 1 fully saturated rings. The molecule has 0 aliphatic carbocycles. The van der Waals surface area contributed by atoms with Crippen molar-refractivity contribution in [2.75, 3.05) is 25.0 Å². The van der Waals surface area contributed by atoms with Gasteiger partial charge in [-0.1, -0.05) is 41.9 Å². The molecule has 2 aromatic carbocycles. The number of hydrogen-bond acceptors (Lipinski definition) is 4. The van der Waals surface area contributed by atoms with Gasteiger partial charge in [0, 0.05) is 30.7 Å². The van der Waals surface area contributed by atoms with Crippen LogP contribution in [-0.4, -0.2) is 42.4 Å². The number of carbonyl (C=O) groups is 3. The lowest BCUT2D eigenvalue weighted by atomic mass is 9.72. The van der Waals surface area contributed by atoms with E-state index < -0.39 is 17.3 Å². The molecule has 1 N–H and O–H groups in total. The second-order valence-corrected chi connectivity index (χ2v) is 7.52. The van der Waals surface area contributed by atoms with Crippen molar-refractivity contribution in [2.45, 2.75) is 25.2 Å². The second kappa shape index (κ2) is 9.09. The van der Waals surface area contributed by atoms with Crippen molar-refractivity contribution in [2.24, 2.45) is 0 Å². The summed E-state index contributed by atoms with van der Waals surface area (Å²) in [6, 6.07) is 16.1. The van der Waals surface area contributed by atoms with Gasteiger partial charge in [-0.2, -0.15) is 0 Å². The van der Waals surface area contributed by atoms with Crippen LogP contribution in [0.2, 0.25) is 5.02 Å². The van der Waals surface area contributed by atoms with Gasteiger partial charge in [0.05, 0.1) is 5.41 Å². The number of anilines is 1. The number of rotatable bonds is 5. The summed E-state index contributed by atoms with van der Waals surface area (Å²) in [4.78, 5) is 38.7. The van der Waals surface area contributed by atoms with Crippen LogP contribution < -0.4 is 5.32 Å². The van der Waals surface area contributed by atoms with Gasteiger partial charge in [-0.15, -0.1) is 0 Å². The highest BCUT2D eigenvalue weighted by Gasteiger charge is 2.44. The molecule has 152 valence electrons. The molecule has 0 atom stereocenters. The third kappa shape index (κ3) is 4.95. The maximum absolute atomic E-state index is 13.1. The van der Waals surface area contributed by atoms with E-state index in [1.807, 2.05) is 30.3 Å². The Morgan fingerprint density at radius 2 is 1.66 bits per heavy atom. The van der Waals surface area contributed by atoms with Gasteiger partial charge in [-0.25, -0.2) is 0 Å². The molecule has 1 saturated heterocycles. The second-order valence-electron chi connectivity index (χ2n) is 7.09. The first-order valence-electron chi connectivity index (χ1n) is 9.44. The van der Waals surface area contributed by atoms with Gasteiger partial charge in [-0.05, 0) is 42.7 Å². The lowest BCUT2D eigenvalue weighted by molar-refractivity contribution is -0.156. The standard InChI is InChI=1S/C22H23ClN2O4/c1-16(26)25-13-11-22(12-14-25,17-5-3-2-4-6-17)21(28)29-15-20(27)24-19-9-7-18(23)8-10-19/h2-10H,11-15H2,1H3,(H,24,27). The number of hydrogen-bond donors (Lipinski definition) is 1. The van der Waals surface area contributed by atoms with Crippen molar-refractivity contribution in [3.63, 3.8) is 0 Å². The number of amides is 2. The summed E-state index contributed by atoms with van der Waals surface area (Å²) in [7, 11) is 0. The Hall–Kier alpha value is -2.86. The molecule has 0 aromatic heterocycles. The maximum atomic E-state index is 13.1. The zero-order valence-corrected chi connectivity index (χ0v) is 16.9. The summed E-state index contributed by atoms with van der Waals surface area (Å²) in [6.45, 7) is 2.08. The van der Waals surface area contributed by atoms with Crippen LogP contribution in [-0.2, 0) is 24.5 Å². The predicted molar refractivity (Wildman–Crippen MR) is 111 cm³/mol. The topological polar surface area (TPSA) is 75.7 Å². The Balaban J connectivity index is 1.68. The molecule has 0 spiro atoms. The first kappa shape index (κ1) is 20.9. The molecular formula is C22H23ClN2O4. The number of halogens is 1. The summed E-state index contributed by atoms with van der Waals surface area (Å²) in [5.74, 6) is -0.884. The van der Waals surface area contributed by atoms with Crippen LogP contribution in [0.15, 0.2) is 54.6 Å². The van der Waals surface area contributed by atoms with Crippen LogP contribution in [0.1, 0.15) is 25.3 Å². The van der Waals surface area contributed by atoms with E-state index in [-0.39, 0.29) is 12.5 Å². The highest BCUT2D eigenvalue weighted by atomic mass is 35.5. The van der Waals surface area contributed by atoms with Crippen LogP contribution in [0.4, 0.5) is 5.69 Å². The zero-order valence-electron chi connectivity index (χ0n) is 16.2. The van der Waals surface area contributed by atoms with Crippen LogP contribution in [0.3, 0.4) is 0 Å². The third-order valence-corrected chi connectivity index (χ3v) is 5.49. The Morgan fingerprint density at radius 3 is 2.24 bits per heavy atom. The van der Waals surface area contributed by atoms with Crippen molar-refractivity contribution < 1.29 is 19.1 Å². The highest BCUT2D eigenvalue weighted by molar-refractivity contribution is 6.30. The fraction of sp³-hybridized carbons (Fsp3) is 0.318. The molecule has 7 heteroatoms. The van der Waals surface area contributed by atoms with E-state index in [9.17, 15) is 14.4 Å². The number of ether oxygens (including phenoxy) is 1. The number of nitrogens with zero attached hydrogens (tertiary/aromatic N) is 1. The van der Waals surface area contributed by atoms with Crippen LogP contribution >= 0.6 is 11.6 Å². The molecule has 0 saturated carbocycles. The molecule has 3 rings (SSSR count). The lowest BCUT2D eigenvalue weighted by Crippen LogP contribution is -2.49. The Bertz CT molecular complexity index is 875. The molecule has 1 aliphatic rings. The number of esters is 1. The molecule has 0 unspecified atom stereocenters. The third-order valence-electron chi connectivity index (χ3n) is 5.24. The van der Waals surface area contributed by atoms with E-state index in [0.29, 0.717) is 36.6 Å². The van der Waals surface area contributed by atoms with Gasteiger partial charge in [0.15, 0.2) is 6.61 Å². The van der Waals surface area contributed by atoms with Crippen molar-refractivity contribution in [1.29, 1.82) is 0 Å². The molecule has 2 amide bonds. The van der Waals surface area contributed by atoms with E-state index in [1.54, 1.807) is 29.2 Å². The molecule has 1 heterocycles. The van der Waals surface area contributed by atoms with E-state index in [0.717, 1.165) is 5.56 Å². The van der Waals surface area contributed by atoms with Gasteiger partial charge < -0.3 is 15.0 Å². The van der Waals surface area contributed by atoms with Gasteiger partial charge >= 0.3 is 5.97 Å². The number of piperidine rings is 1. The molecule has 6 nitrogen and oxygen atoms in total. The number of benzene rings is 2. The molecule has 1 aliphatic heterocycles. The summed E-state index contributed by atoms with van der Waals surface area (Å²) in [5.41, 5.74) is 0.544. The monoisotopic (exact) mass is 414 g/mol. The normalized spacial score (nSPS) is 15.4. The van der Waals surface area contributed by atoms with Crippen molar-refractivity contribution >= 4 is 35.1 Å². The fourth-order valence-electron chi connectivity index (χ4n) is 3.57. The van der Waals surface area contributed by atoms with Gasteiger partial charge in [0.2, 0.25) is 5.91 Å². The first-order valence-corrected chi connectivity index (χ1v) is 9.82. The molecule has 2 aromatic rings. The minimum atomic E-state index is -0.867. The summed E-state index contributed by atoms with van der Waals surface area (Å²) in [6.07, 6.45) is 0.905. The SMILES string of the molecule is CC(=O)N1CCC(C(=O)OCC(=O)Nc2ccc(Cl)cc2)(c2ccccc2)CC1.